The van der Waals surface area contributed by atoms with Crippen LogP contribution < -0.4 is 4.74 Å². The second-order valence-electron chi connectivity index (χ2n) is 7.90. The lowest BCUT2D eigenvalue weighted by Crippen LogP contribution is -2.43. The number of rotatable bonds is 7. The Kier molecular flexibility index (Phi) is 7.19. The Morgan fingerprint density at radius 3 is 2.72 bits per heavy atom. The van der Waals surface area contributed by atoms with Gasteiger partial charge in [-0.25, -0.2) is 4.79 Å². The van der Waals surface area contributed by atoms with Crippen LogP contribution in [0, 0.1) is 11.8 Å². The molecule has 0 amide bonds. The molecule has 0 aromatic heterocycles. The fourth-order valence-electron chi connectivity index (χ4n) is 3.49. The van der Waals surface area contributed by atoms with E-state index in [4.69, 9.17) is 30.5 Å². The molecule has 3 rings (SSSR count). The standard InChI is InChI=1S/C22H27ClO6/c1-13(2)11-27-22(25)14(3)28-15-8-9-16-19(10-15)26-12-20(21(16)24)29-18-7-5-4-6-17(18)23/h4-7,12-16,19H,8-11H2,1-3H3. The van der Waals surface area contributed by atoms with Gasteiger partial charge in [0.05, 0.1) is 23.7 Å². The van der Waals surface area contributed by atoms with E-state index in [1.165, 1.54) is 6.26 Å². The van der Waals surface area contributed by atoms with Crippen LogP contribution in [-0.4, -0.2) is 36.7 Å². The predicted octanol–water partition coefficient (Wildman–Crippen LogP) is 4.30. The fraction of sp³-hybridized carbons (Fsp3) is 0.545. The highest BCUT2D eigenvalue weighted by molar-refractivity contribution is 6.32. The summed E-state index contributed by atoms with van der Waals surface area (Å²) in [5, 5.41) is 0.429. The minimum Gasteiger partial charge on any atom is -0.493 e. The first kappa shape index (κ1) is 21.7. The second-order valence-corrected chi connectivity index (χ2v) is 8.30. The van der Waals surface area contributed by atoms with Crippen LogP contribution in [-0.2, 0) is 23.8 Å². The van der Waals surface area contributed by atoms with E-state index in [0.717, 1.165) is 0 Å². The molecule has 6 nitrogen and oxygen atoms in total. The fourth-order valence-corrected chi connectivity index (χ4v) is 3.66. The molecule has 158 valence electrons. The van der Waals surface area contributed by atoms with Gasteiger partial charge in [0.25, 0.3) is 0 Å². The van der Waals surface area contributed by atoms with Gasteiger partial charge in [0.15, 0.2) is 6.10 Å². The molecule has 2 aliphatic rings. The molecule has 1 heterocycles. The van der Waals surface area contributed by atoms with Crippen molar-refractivity contribution in [2.24, 2.45) is 11.8 Å². The van der Waals surface area contributed by atoms with Crippen LogP contribution in [0.5, 0.6) is 5.75 Å². The van der Waals surface area contributed by atoms with Gasteiger partial charge in [-0.05, 0) is 37.8 Å². The Morgan fingerprint density at radius 1 is 1.24 bits per heavy atom. The smallest absolute Gasteiger partial charge is 0.334 e. The average molecular weight is 423 g/mol. The highest BCUT2D eigenvalue weighted by atomic mass is 35.5. The van der Waals surface area contributed by atoms with Crippen LogP contribution in [0.25, 0.3) is 0 Å². The van der Waals surface area contributed by atoms with E-state index in [1.807, 2.05) is 13.8 Å². The summed E-state index contributed by atoms with van der Waals surface area (Å²) in [6, 6.07) is 6.98. The highest BCUT2D eigenvalue weighted by Crippen LogP contribution is 2.36. The number of benzene rings is 1. The molecular weight excluding hydrogens is 396 g/mol. The van der Waals surface area contributed by atoms with Crippen molar-refractivity contribution in [2.45, 2.75) is 58.3 Å². The topological polar surface area (TPSA) is 71.1 Å². The van der Waals surface area contributed by atoms with Gasteiger partial charge in [-0.15, -0.1) is 0 Å². The molecule has 0 spiro atoms. The highest BCUT2D eigenvalue weighted by Gasteiger charge is 2.42. The van der Waals surface area contributed by atoms with Crippen molar-refractivity contribution in [3.63, 3.8) is 0 Å². The molecule has 1 aromatic carbocycles. The molecule has 4 atom stereocenters. The number of carbonyl (C=O) groups is 2. The maximum atomic E-state index is 12.8. The number of Topliss-reactive ketones (excluding diaryl/α,β-unsaturated/α-hetero) is 1. The number of carbonyl (C=O) groups excluding carboxylic acids is 2. The third kappa shape index (κ3) is 5.52. The Morgan fingerprint density at radius 2 is 2.00 bits per heavy atom. The van der Waals surface area contributed by atoms with Crippen molar-refractivity contribution >= 4 is 23.4 Å². The Labute approximate surface area is 176 Å². The van der Waals surface area contributed by atoms with Crippen LogP contribution in [0.2, 0.25) is 5.02 Å². The van der Waals surface area contributed by atoms with Gasteiger partial charge in [0, 0.05) is 6.42 Å². The van der Waals surface area contributed by atoms with E-state index < -0.39 is 6.10 Å². The molecule has 1 aromatic rings. The maximum Gasteiger partial charge on any atom is 0.334 e. The molecule has 0 radical (unpaired) electrons. The first-order valence-corrected chi connectivity index (χ1v) is 10.4. The van der Waals surface area contributed by atoms with Crippen LogP contribution >= 0.6 is 11.6 Å². The monoisotopic (exact) mass is 422 g/mol. The first-order chi connectivity index (χ1) is 13.8. The van der Waals surface area contributed by atoms with Crippen LogP contribution in [0.15, 0.2) is 36.3 Å². The number of ketones is 1. The van der Waals surface area contributed by atoms with Gasteiger partial charge in [-0.3, -0.25) is 4.79 Å². The zero-order valence-corrected chi connectivity index (χ0v) is 17.7. The lowest BCUT2D eigenvalue weighted by atomic mass is 9.80. The molecule has 0 saturated heterocycles. The molecule has 1 aliphatic heterocycles. The number of hydrogen-bond donors (Lipinski definition) is 0. The molecule has 1 fully saturated rings. The zero-order valence-electron chi connectivity index (χ0n) is 16.9. The second kappa shape index (κ2) is 9.63. The minimum atomic E-state index is -0.649. The van der Waals surface area contributed by atoms with E-state index in [-0.39, 0.29) is 41.6 Å². The lowest BCUT2D eigenvalue weighted by Gasteiger charge is -2.37. The molecule has 0 N–H and O–H groups in total. The van der Waals surface area contributed by atoms with Gasteiger partial charge in [-0.1, -0.05) is 37.6 Å². The Bertz CT molecular complexity index is 774. The van der Waals surface area contributed by atoms with Crippen molar-refractivity contribution in [3.05, 3.63) is 41.3 Å². The molecule has 0 bridgehead atoms. The van der Waals surface area contributed by atoms with Crippen molar-refractivity contribution in [1.29, 1.82) is 0 Å². The third-order valence-electron chi connectivity index (χ3n) is 5.02. The van der Waals surface area contributed by atoms with E-state index in [1.54, 1.807) is 31.2 Å². The number of ether oxygens (including phenoxy) is 4. The van der Waals surface area contributed by atoms with Gasteiger partial charge >= 0.3 is 5.97 Å². The van der Waals surface area contributed by atoms with Gasteiger partial charge in [0.2, 0.25) is 11.5 Å². The van der Waals surface area contributed by atoms with E-state index in [9.17, 15) is 9.59 Å². The predicted molar refractivity (Wildman–Crippen MR) is 108 cm³/mol. The van der Waals surface area contributed by atoms with Crippen LogP contribution in [0.3, 0.4) is 0 Å². The quantitative estimate of drug-likeness (QED) is 0.610. The van der Waals surface area contributed by atoms with E-state index in [0.29, 0.717) is 36.6 Å². The summed E-state index contributed by atoms with van der Waals surface area (Å²) in [6.45, 7) is 6.03. The van der Waals surface area contributed by atoms with Crippen molar-refractivity contribution < 1.29 is 28.5 Å². The number of hydrogen-bond acceptors (Lipinski definition) is 6. The maximum absolute atomic E-state index is 12.8. The molecule has 4 unspecified atom stereocenters. The third-order valence-corrected chi connectivity index (χ3v) is 5.33. The largest absolute Gasteiger partial charge is 0.493 e. The summed E-state index contributed by atoms with van der Waals surface area (Å²) in [5.41, 5.74) is 0. The summed E-state index contributed by atoms with van der Waals surface area (Å²) >= 11 is 6.10. The normalized spacial score (nSPS) is 24.9. The van der Waals surface area contributed by atoms with Crippen LogP contribution in [0.1, 0.15) is 40.0 Å². The van der Waals surface area contributed by atoms with Crippen LogP contribution in [0.4, 0.5) is 0 Å². The Balaban J connectivity index is 1.56. The van der Waals surface area contributed by atoms with Crippen molar-refractivity contribution in [3.8, 4) is 5.75 Å². The number of allylic oxidation sites excluding steroid dienone is 1. The summed E-state index contributed by atoms with van der Waals surface area (Å²) in [7, 11) is 0. The van der Waals surface area contributed by atoms with E-state index >= 15 is 0 Å². The minimum absolute atomic E-state index is 0.0935. The SMILES string of the molecule is CC(C)COC(=O)C(C)OC1CCC2C(=O)C(Oc3ccccc3Cl)=COC2C1. The average Bonchev–Trinajstić information content (AvgIpc) is 2.69. The summed E-state index contributed by atoms with van der Waals surface area (Å²) < 4.78 is 22.6. The summed E-state index contributed by atoms with van der Waals surface area (Å²) in [5.74, 6) is 0.101. The Hall–Kier alpha value is -2.05. The molecule has 29 heavy (non-hydrogen) atoms. The summed E-state index contributed by atoms with van der Waals surface area (Å²) in [6.07, 6.45) is 2.06. The molecule has 7 heteroatoms. The van der Waals surface area contributed by atoms with Crippen molar-refractivity contribution in [2.75, 3.05) is 6.61 Å². The van der Waals surface area contributed by atoms with Gasteiger partial charge in [0.1, 0.15) is 18.1 Å². The number of fused-ring (bicyclic) bond motifs is 1. The first-order valence-electron chi connectivity index (χ1n) is 9.99. The van der Waals surface area contributed by atoms with Crippen molar-refractivity contribution in [1.82, 2.24) is 0 Å². The molecule has 1 aliphatic carbocycles. The number of para-hydroxylation sites is 1. The molecule has 1 saturated carbocycles. The van der Waals surface area contributed by atoms with E-state index in [2.05, 4.69) is 0 Å². The number of halogens is 1. The summed E-state index contributed by atoms with van der Waals surface area (Å²) in [4.78, 5) is 24.9. The number of esters is 1. The molecular formula is C22H27ClO6. The lowest BCUT2D eigenvalue weighted by molar-refractivity contribution is -0.165. The zero-order chi connectivity index (χ0) is 21.0. The van der Waals surface area contributed by atoms with Gasteiger partial charge in [-0.2, -0.15) is 0 Å². The van der Waals surface area contributed by atoms with Gasteiger partial charge < -0.3 is 18.9 Å².